The van der Waals surface area contributed by atoms with Crippen molar-refractivity contribution < 1.29 is 21.6 Å². The molecule has 0 saturated heterocycles. The van der Waals surface area contributed by atoms with Gasteiger partial charge in [0.1, 0.15) is 6.54 Å². The van der Waals surface area contributed by atoms with Crippen LogP contribution in [0.1, 0.15) is 11.1 Å². The van der Waals surface area contributed by atoms with Gasteiger partial charge in [0, 0.05) is 21.8 Å². The third-order valence-electron chi connectivity index (χ3n) is 6.41. The molecule has 39 heavy (non-hydrogen) atoms. The summed E-state index contributed by atoms with van der Waals surface area (Å²) in [6.45, 7) is 3.17. The van der Waals surface area contributed by atoms with Crippen LogP contribution in [0.2, 0.25) is 5.02 Å². The number of carbonyl (C=O) groups is 1. The standard InChI is InChI=1S/C28H24ClN3O5S2/c1-18-10-15-26-23(16-18)22-6-3-4-9-27(22)39(36,37)32(26)17-28(33)30-20-11-13-21(14-12-20)38(34,35)31-25-8-5-7-24(29)19(25)2/h3-16,31H,17H2,1-2H3,(H,30,33). The van der Waals surface area contributed by atoms with Crippen LogP contribution in [-0.2, 0) is 24.8 Å². The number of rotatable bonds is 6. The van der Waals surface area contributed by atoms with Crippen LogP contribution in [-0.4, -0.2) is 29.3 Å². The van der Waals surface area contributed by atoms with Crippen LogP contribution in [0, 0.1) is 13.8 Å². The highest BCUT2D eigenvalue weighted by molar-refractivity contribution is 7.93. The Hall–Kier alpha value is -3.86. The zero-order valence-electron chi connectivity index (χ0n) is 21.0. The Morgan fingerprint density at radius 1 is 0.897 bits per heavy atom. The molecule has 5 rings (SSSR count). The number of carbonyl (C=O) groups excluding carboxylic acids is 1. The van der Waals surface area contributed by atoms with Gasteiger partial charge in [-0.3, -0.25) is 13.8 Å². The molecule has 2 N–H and O–H groups in total. The number of hydrogen-bond donors (Lipinski definition) is 2. The number of fused-ring (bicyclic) bond motifs is 3. The van der Waals surface area contributed by atoms with Gasteiger partial charge in [-0.05, 0) is 74.0 Å². The summed E-state index contributed by atoms with van der Waals surface area (Å²) >= 11 is 6.09. The van der Waals surface area contributed by atoms with E-state index in [1.165, 1.54) is 30.3 Å². The summed E-state index contributed by atoms with van der Waals surface area (Å²) in [7, 11) is -7.89. The quantitative estimate of drug-likeness (QED) is 0.309. The van der Waals surface area contributed by atoms with Crippen LogP contribution in [0.3, 0.4) is 0 Å². The van der Waals surface area contributed by atoms with E-state index in [2.05, 4.69) is 10.0 Å². The van der Waals surface area contributed by atoms with Gasteiger partial charge in [0.25, 0.3) is 20.0 Å². The van der Waals surface area contributed by atoms with Crippen molar-refractivity contribution in [2.75, 3.05) is 20.9 Å². The van der Waals surface area contributed by atoms with E-state index in [0.717, 1.165) is 15.4 Å². The summed E-state index contributed by atoms with van der Waals surface area (Å²) in [5.74, 6) is -0.576. The van der Waals surface area contributed by atoms with E-state index in [4.69, 9.17) is 11.6 Å². The zero-order chi connectivity index (χ0) is 27.9. The predicted molar refractivity (Wildman–Crippen MR) is 153 cm³/mol. The van der Waals surface area contributed by atoms with Crippen LogP contribution in [0.5, 0.6) is 0 Å². The summed E-state index contributed by atoms with van der Waals surface area (Å²) in [5.41, 5.74) is 3.96. The second-order valence-electron chi connectivity index (χ2n) is 9.12. The third-order valence-corrected chi connectivity index (χ3v) is 10.0. The van der Waals surface area contributed by atoms with Gasteiger partial charge in [0.15, 0.2) is 0 Å². The van der Waals surface area contributed by atoms with Crippen molar-refractivity contribution in [1.82, 2.24) is 0 Å². The number of amides is 1. The lowest BCUT2D eigenvalue weighted by Crippen LogP contribution is -2.40. The molecule has 1 heterocycles. The molecule has 0 radical (unpaired) electrons. The fourth-order valence-electron chi connectivity index (χ4n) is 4.39. The first kappa shape index (κ1) is 26.7. The van der Waals surface area contributed by atoms with Crippen LogP contribution in [0.15, 0.2) is 94.7 Å². The fraction of sp³-hybridized carbons (Fsp3) is 0.107. The van der Waals surface area contributed by atoms with Gasteiger partial charge in [-0.15, -0.1) is 0 Å². The maximum Gasteiger partial charge on any atom is 0.265 e. The molecule has 1 amide bonds. The largest absolute Gasteiger partial charge is 0.325 e. The molecule has 200 valence electrons. The molecule has 1 aliphatic heterocycles. The highest BCUT2D eigenvalue weighted by Gasteiger charge is 2.35. The molecule has 1 aliphatic rings. The summed E-state index contributed by atoms with van der Waals surface area (Å²) < 4.78 is 56.2. The zero-order valence-corrected chi connectivity index (χ0v) is 23.4. The Morgan fingerprint density at radius 3 is 2.36 bits per heavy atom. The Kier molecular flexibility index (Phi) is 6.88. The lowest BCUT2D eigenvalue weighted by molar-refractivity contribution is -0.114. The Balaban J connectivity index is 1.35. The Bertz CT molecular complexity index is 1820. The summed E-state index contributed by atoms with van der Waals surface area (Å²) in [5, 5.41) is 3.10. The first-order valence-corrected chi connectivity index (χ1v) is 15.2. The molecule has 11 heteroatoms. The average molecular weight is 582 g/mol. The fourth-order valence-corrected chi connectivity index (χ4v) is 7.33. The smallest absolute Gasteiger partial charge is 0.265 e. The summed E-state index contributed by atoms with van der Waals surface area (Å²) in [6.07, 6.45) is 0. The minimum atomic E-state index is -3.98. The molecular weight excluding hydrogens is 558 g/mol. The van der Waals surface area contributed by atoms with Crippen molar-refractivity contribution in [3.63, 3.8) is 0 Å². The van der Waals surface area contributed by atoms with E-state index in [0.29, 0.717) is 33.2 Å². The normalized spacial score (nSPS) is 13.8. The molecule has 0 saturated carbocycles. The number of hydrogen-bond acceptors (Lipinski definition) is 5. The van der Waals surface area contributed by atoms with Crippen molar-refractivity contribution in [2.45, 2.75) is 23.6 Å². The first-order valence-electron chi connectivity index (χ1n) is 11.9. The number of benzene rings is 4. The Morgan fingerprint density at radius 2 is 1.62 bits per heavy atom. The number of anilines is 3. The van der Waals surface area contributed by atoms with Crippen molar-refractivity contribution in [3.8, 4) is 11.1 Å². The molecule has 4 aromatic rings. The van der Waals surface area contributed by atoms with Gasteiger partial charge < -0.3 is 5.32 Å². The number of aryl methyl sites for hydroxylation is 1. The highest BCUT2D eigenvalue weighted by atomic mass is 35.5. The molecule has 0 fully saturated rings. The number of sulfonamides is 2. The minimum Gasteiger partial charge on any atom is -0.325 e. The van der Waals surface area contributed by atoms with Gasteiger partial charge in [0.2, 0.25) is 5.91 Å². The monoisotopic (exact) mass is 581 g/mol. The van der Waals surface area contributed by atoms with Crippen molar-refractivity contribution in [2.24, 2.45) is 0 Å². The van der Waals surface area contributed by atoms with Crippen LogP contribution >= 0.6 is 11.6 Å². The second-order valence-corrected chi connectivity index (χ2v) is 13.0. The Labute approximate surface area is 232 Å². The highest BCUT2D eigenvalue weighted by Crippen LogP contribution is 2.43. The van der Waals surface area contributed by atoms with Gasteiger partial charge >= 0.3 is 0 Å². The van der Waals surface area contributed by atoms with E-state index in [9.17, 15) is 21.6 Å². The number of nitrogens with zero attached hydrogens (tertiary/aromatic N) is 1. The summed E-state index contributed by atoms with van der Waals surface area (Å²) in [4.78, 5) is 13.1. The van der Waals surface area contributed by atoms with E-state index < -0.39 is 32.5 Å². The van der Waals surface area contributed by atoms with E-state index in [-0.39, 0.29) is 9.79 Å². The van der Waals surface area contributed by atoms with Gasteiger partial charge in [-0.2, -0.15) is 0 Å². The van der Waals surface area contributed by atoms with Crippen LogP contribution < -0.4 is 14.3 Å². The van der Waals surface area contributed by atoms with E-state index in [1.54, 1.807) is 55.5 Å². The number of halogens is 1. The predicted octanol–water partition coefficient (Wildman–Crippen LogP) is 5.57. The maximum absolute atomic E-state index is 13.5. The van der Waals surface area contributed by atoms with Gasteiger partial charge in [0.05, 0.1) is 21.2 Å². The molecule has 0 atom stereocenters. The lowest BCUT2D eigenvalue weighted by Gasteiger charge is -2.31. The summed E-state index contributed by atoms with van der Waals surface area (Å²) in [6, 6.07) is 22.6. The molecule has 0 aliphatic carbocycles. The molecule has 0 aromatic heterocycles. The van der Waals surface area contributed by atoms with Crippen molar-refractivity contribution in [3.05, 3.63) is 101 Å². The topological polar surface area (TPSA) is 113 Å². The SMILES string of the molecule is Cc1ccc2c(c1)-c1ccccc1S(=O)(=O)N2CC(=O)Nc1ccc(S(=O)(=O)Nc2cccc(Cl)c2C)cc1. The van der Waals surface area contributed by atoms with E-state index >= 15 is 0 Å². The minimum absolute atomic E-state index is 0.0145. The molecule has 0 unspecified atom stereocenters. The lowest BCUT2D eigenvalue weighted by atomic mass is 10.0. The number of nitrogens with one attached hydrogen (secondary N) is 2. The van der Waals surface area contributed by atoms with Gasteiger partial charge in [-0.1, -0.05) is 47.5 Å². The molecule has 0 spiro atoms. The molecule has 0 bridgehead atoms. The second kappa shape index (κ2) is 10.0. The van der Waals surface area contributed by atoms with Crippen molar-refractivity contribution >= 4 is 54.6 Å². The van der Waals surface area contributed by atoms with E-state index in [1.807, 2.05) is 13.0 Å². The maximum atomic E-state index is 13.5. The average Bonchev–Trinajstić information content (AvgIpc) is 2.90. The van der Waals surface area contributed by atoms with Gasteiger partial charge in [-0.25, -0.2) is 16.8 Å². The van der Waals surface area contributed by atoms with Crippen LogP contribution in [0.25, 0.3) is 11.1 Å². The van der Waals surface area contributed by atoms with Crippen molar-refractivity contribution in [1.29, 1.82) is 0 Å². The molecule has 4 aromatic carbocycles. The molecular formula is C28H24ClN3O5S2. The third kappa shape index (κ3) is 5.10. The van der Waals surface area contributed by atoms with Crippen LogP contribution in [0.4, 0.5) is 17.1 Å². The first-order chi connectivity index (χ1) is 18.5. The molecule has 8 nitrogen and oxygen atoms in total.